The average Bonchev–Trinajstić information content (AvgIpc) is 2.28. The van der Waals surface area contributed by atoms with E-state index in [4.69, 9.17) is 4.74 Å². The minimum absolute atomic E-state index is 0.0140. The van der Waals surface area contributed by atoms with Crippen molar-refractivity contribution >= 4 is 15.9 Å². The topological polar surface area (TPSA) is 21.3 Å². The highest BCUT2D eigenvalue weighted by Gasteiger charge is 2.16. The Kier molecular flexibility index (Phi) is 6.27. The minimum atomic E-state index is -0.328. The second-order valence-corrected chi connectivity index (χ2v) is 6.65. The Morgan fingerprint density at radius 3 is 2.58 bits per heavy atom. The van der Waals surface area contributed by atoms with Crippen molar-refractivity contribution < 1.29 is 9.13 Å². The van der Waals surface area contributed by atoms with Crippen LogP contribution in [-0.2, 0) is 0 Å². The van der Waals surface area contributed by atoms with Gasteiger partial charge < -0.3 is 10.1 Å². The highest BCUT2D eigenvalue weighted by Crippen LogP contribution is 2.23. The summed E-state index contributed by atoms with van der Waals surface area (Å²) < 4.78 is 20.2. The SMILES string of the molecule is CCCC(CNC(C)(C)C)Oc1ccc(Br)cc1F. The van der Waals surface area contributed by atoms with Crippen molar-refractivity contribution in [2.24, 2.45) is 0 Å². The molecule has 0 heterocycles. The average molecular weight is 332 g/mol. The summed E-state index contributed by atoms with van der Waals surface area (Å²) in [5, 5.41) is 3.40. The first-order chi connectivity index (χ1) is 8.81. The van der Waals surface area contributed by atoms with E-state index in [9.17, 15) is 4.39 Å². The van der Waals surface area contributed by atoms with Crippen LogP contribution in [0, 0.1) is 5.82 Å². The molecule has 2 nitrogen and oxygen atoms in total. The van der Waals surface area contributed by atoms with Crippen LogP contribution in [-0.4, -0.2) is 18.2 Å². The molecule has 1 rings (SSSR count). The number of ether oxygens (including phenoxy) is 1. The van der Waals surface area contributed by atoms with Crippen molar-refractivity contribution in [3.05, 3.63) is 28.5 Å². The normalized spacial score (nSPS) is 13.4. The molecule has 0 aliphatic rings. The lowest BCUT2D eigenvalue weighted by molar-refractivity contribution is 0.168. The van der Waals surface area contributed by atoms with Gasteiger partial charge in [0, 0.05) is 16.6 Å². The molecular formula is C15H23BrFNO. The predicted molar refractivity (Wildman–Crippen MR) is 81.2 cm³/mol. The van der Waals surface area contributed by atoms with Crippen molar-refractivity contribution in [3.8, 4) is 5.75 Å². The van der Waals surface area contributed by atoms with Crippen LogP contribution in [0.25, 0.3) is 0 Å². The van der Waals surface area contributed by atoms with Crippen molar-refractivity contribution in [2.45, 2.75) is 52.2 Å². The van der Waals surface area contributed by atoms with Crippen LogP contribution in [0.2, 0.25) is 0 Å². The van der Waals surface area contributed by atoms with E-state index in [-0.39, 0.29) is 17.5 Å². The van der Waals surface area contributed by atoms with E-state index < -0.39 is 0 Å². The zero-order chi connectivity index (χ0) is 14.5. The van der Waals surface area contributed by atoms with Crippen LogP contribution in [0.15, 0.2) is 22.7 Å². The van der Waals surface area contributed by atoms with Gasteiger partial charge in [-0.05, 0) is 45.4 Å². The lowest BCUT2D eigenvalue weighted by Gasteiger charge is -2.26. The molecule has 0 saturated carbocycles. The first kappa shape index (κ1) is 16.4. The number of halogens is 2. The van der Waals surface area contributed by atoms with Gasteiger partial charge in [-0.3, -0.25) is 0 Å². The summed E-state index contributed by atoms with van der Waals surface area (Å²) in [6.45, 7) is 9.14. The fraction of sp³-hybridized carbons (Fsp3) is 0.600. The molecule has 0 aliphatic carbocycles. The maximum atomic E-state index is 13.7. The molecule has 0 spiro atoms. The maximum absolute atomic E-state index is 13.7. The number of benzene rings is 1. The summed E-state index contributed by atoms with van der Waals surface area (Å²) in [6, 6.07) is 4.88. The van der Waals surface area contributed by atoms with Crippen LogP contribution < -0.4 is 10.1 Å². The molecule has 19 heavy (non-hydrogen) atoms. The highest BCUT2D eigenvalue weighted by molar-refractivity contribution is 9.10. The Morgan fingerprint density at radius 1 is 1.37 bits per heavy atom. The van der Waals surface area contributed by atoms with E-state index in [1.165, 1.54) is 6.07 Å². The monoisotopic (exact) mass is 331 g/mol. The molecule has 4 heteroatoms. The molecule has 0 radical (unpaired) electrons. The summed E-state index contributed by atoms with van der Waals surface area (Å²) in [6.07, 6.45) is 1.90. The molecule has 108 valence electrons. The Hall–Kier alpha value is -0.610. The van der Waals surface area contributed by atoms with Gasteiger partial charge in [-0.25, -0.2) is 4.39 Å². The minimum Gasteiger partial charge on any atom is -0.486 e. The smallest absolute Gasteiger partial charge is 0.166 e. The van der Waals surface area contributed by atoms with E-state index in [1.54, 1.807) is 12.1 Å². The molecule has 0 aliphatic heterocycles. The van der Waals surface area contributed by atoms with Gasteiger partial charge in [0.25, 0.3) is 0 Å². The maximum Gasteiger partial charge on any atom is 0.166 e. The predicted octanol–water partition coefficient (Wildman–Crippen LogP) is 4.52. The highest BCUT2D eigenvalue weighted by atomic mass is 79.9. The Balaban J connectivity index is 2.67. The zero-order valence-electron chi connectivity index (χ0n) is 12.1. The van der Waals surface area contributed by atoms with Crippen molar-refractivity contribution in [2.75, 3.05) is 6.54 Å². The van der Waals surface area contributed by atoms with Gasteiger partial charge in [0.2, 0.25) is 0 Å². The van der Waals surface area contributed by atoms with Gasteiger partial charge in [0.1, 0.15) is 6.10 Å². The number of rotatable bonds is 6. The summed E-state index contributed by atoms with van der Waals surface area (Å²) >= 11 is 3.24. The van der Waals surface area contributed by atoms with Crippen LogP contribution in [0.3, 0.4) is 0 Å². The van der Waals surface area contributed by atoms with E-state index >= 15 is 0 Å². The van der Waals surface area contributed by atoms with E-state index in [1.807, 2.05) is 0 Å². The molecule has 0 bridgehead atoms. The summed E-state index contributed by atoms with van der Waals surface area (Å²) in [4.78, 5) is 0. The largest absolute Gasteiger partial charge is 0.486 e. The Morgan fingerprint density at radius 2 is 2.05 bits per heavy atom. The van der Waals surface area contributed by atoms with Crippen molar-refractivity contribution in [1.82, 2.24) is 5.32 Å². The van der Waals surface area contributed by atoms with Gasteiger partial charge in [-0.15, -0.1) is 0 Å². The summed E-state index contributed by atoms with van der Waals surface area (Å²) in [5.41, 5.74) is 0.0353. The van der Waals surface area contributed by atoms with E-state index in [0.29, 0.717) is 12.3 Å². The fourth-order valence-electron chi connectivity index (χ4n) is 1.69. The quantitative estimate of drug-likeness (QED) is 0.827. The Bertz CT molecular complexity index is 404. The Labute approximate surface area is 123 Å². The second-order valence-electron chi connectivity index (χ2n) is 5.73. The number of hydrogen-bond donors (Lipinski definition) is 1. The van der Waals surface area contributed by atoms with Gasteiger partial charge in [-0.1, -0.05) is 29.3 Å². The van der Waals surface area contributed by atoms with Crippen LogP contribution in [0.1, 0.15) is 40.5 Å². The second kappa shape index (κ2) is 7.25. The van der Waals surface area contributed by atoms with Crippen molar-refractivity contribution in [1.29, 1.82) is 0 Å². The molecule has 0 amide bonds. The third-order valence-corrected chi connectivity index (χ3v) is 3.15. The standard InChI is InChI=1S/C15H23BrFNO/c1-5-6-12(10-18-15(2,3)4)19-14-8-7-11(16)9-13(14)17/h7-9,12,18H,5-6,10H2,1-4H3. The van der Waals surface area contributed by atoms with Crippen molar-refractivity contribution in [3.63, 3.8) is 0 Å². The molecule has 0 aromatic heterocycles. The van der Waals surface area contributed by atoms with Gasteiger partial charge in [0.15, 0.2) is 11.6 Å². The molecule has 0 saturated heterocycles. The van der Waals surface area contributed by atoms with Gasteiger partial charge >= 0.3 is 0 Å². The molecule has 1 N–H and O–H groups in total. The lowest BCUT2D eigenvalue weighted by atomic mass is 10.1. The fourth-order valence-corrected chi connectivity index (χ4v) is 2.03. The summed E-state index contributed by atoms with van der Waals surface area (Å²) in [7, 11) is 0. The molecule has 0 fully saturated rings. The van der Waals surface area contributed by atoms with Crippen LogP contribution in [0.4, 0.5) is 4.39 Å². The molecular weight excluding hydrogens is 309 g/mol. The van der Waals surface area contributed by atoms with E-state index in [2.05, 4.69) is 48.9 Å². The molecule has 1 unspecified atom stereocenters. The molecule has 1 aromatic rings. The van der Waals surface area contributed by atoms with Crippen LogP contribution >= 0.6 is 15.9 Å². The zero-order valence-corrected chi connectivity index (χ0v) is 13.7. The summed E-state index contributed by atoms with van der Waals surface area (Å²) in [5.74, 6) is -0.0106. The first-order valence-corrected chi connectivity index (χ1v) is 7.48. The van der Waals surface area contributed by atoms with Crippen LogP contribution in [0.5, 0.6) is 5.75 Å². The first-order valence-electron chi connectivity index (χ1n) is 6.68. The molecule has 1 atom stereocenters. The van der Waals surface area contributed by atoms with Gasteiger partial charge in [0.05, 0.1) is 0 Å². The third kappa shape index (κ3) is 6.39. The van der Waals surface area contributed by atoms with Gasteiger partial charge in [-0.2, -0.15) is 0 Å². The molecule has 1 aromatic carbocycles. The third-order valence-electron chi connectivity index (χ3n) is 2.66. The number of hydrogen-bond acceptors (Lipinski definition) is 2. The lowest BCUT2D eigenvalue weighted by Crippen LogP contribution is -2.42. The van der Waals surface area contributed by atoms with E-state index in [0.717, 1.165) is 17.3 Å². The number of nitrogens with one attached hydrogen (secondary N) is 1.